The van der Waals surface area contributed by atoms with E-state index in [4.69, 9.17) is 16.3 Å². The van der Waals surface area contributed by atoms with Crippen molar-refractivity contribution in [1.29, 1.82) is 0 Å². The minimum atomic E-state index is -0.350. The number of hydrogen-bond acceptors (Lipinski definition) is 2. The van der Waals surface area contributed by atoms with Gasteiger partial charge in [-0.1, -0.05) is 35.9 Å². The van der Waals surface area contributed by atoms with Crippen molar-refractivity contribution in [2.75, 3.05) is 7.05 Å². The van der Waals surface area contributed by atoms with Crippen LogP contribution in [0.1, 0.15) is 24.1 Å². The molecule has 2 aromatic carbocycles. The summed E-state index contributed by atoms with van der Waals surface area (Å²) in [7, 11) is 1.89. The van der Waals surface area contributed by atoms with Crippen LogP contribution in [0.2, 0.25) is 5.02 Å². The van der Waals surface area contributed by atoms with Gasteiger partial charge in [-0.25, -0.2) is 4.39 Å². The fraction of sp³-hybridized carbons (Fsp3) is 0.250. The third-order valence-electron chi connectivity index (χ3n) is 3.22. The molecule has 0 radical (unpaired) electrons. The van der Waals surface area contributed by atoms with Gasteiger partial charge in [-0.2, -0.15) is 0 Å². The van der Waals surface area contributed by atoms with Gasteiger partial charge in [0.05, 0.1) is 0 Å². The van der Waals surface area contributed by atoms with Crippen LogP contribution in [-0.2, 0) is 6.61 Å². The number of ether oxygens (including phenoxy) is 1. The van der Waals surface area contributed by atoms with Gasteiger partial charge in [0.25, 0.3) is 0 Å². The molecule has 1 N–H and O–H groups in total. The molecule has 0 aliphatic carbocycles. The van der Waals surface area contributed by atoms with Crippen molar-refractivity contribution in [2.24, 2.45) is 0 Å². The van der Waals surface area contributed by atoms with E-state index in [-0.39, 0.29) is 18.5 Å². The van der Waals surface area contributed by atoms with Crippen molar-refractivity contribution >= 4 is 11.6 Å². The molecule has 2 nitrogen and oxygen atoms in total. The number of hydrogen-bond donors (Lipinski definition) is 1. The van der Waals surface area contributed by atoms with E-state index < -0.39 is 0 Å². The van der Waals surface area contributed by atoms with Crippen molar-refractivity contribution in [3.63, 3.8) is 0 Å². The van der Waals surface area contributed by atoms with Crippen LogP contribution in [0.15, 0.2) is 42.5 Å². The highest BCUT2D eigenvalue weighted by atomic mass is 35.5. The lowest BCUT2D eigenvalue weighted by atomic mass is 10.1. The predicted molar refractivity (Wildman–Crippen MR) is 79.7 cm³/mol. The Morgan fingerprint density at radius 3 is 2.70 bits per heavy atom. The molecular weight excluding hydrogens is 277 g/mol. The van der Waals surface area contributed by atoms with Crippen LogP contribution in [0.25, 0.3) is 0 Å². The molecule has 1 unspecified atom stereocenters. The van der Waals surface area contributed by atoms with Gasteiger partial charge in [-0.15, -0.1) is 0 Å². The molecule has 0 aliphatic rings. The zero-order valence-corrected chi connectivity index (χ0v) is 12.2. The molecule has 0 aliphatic heterocycles. The number of para-hydroxylation sites is 1. The fourth-order valence-electron chi connectivity index (χ4n) is 1.92. The number of halogens is 2. The molecule has 0 aromatic heterocycles. The van der Waals surface area contributed by atoms with Gasteiger partial charge >= 0.3 is 0 Å². The predicted octanol–water partition coefficient (Wildman–Crippen LogP) is 4.34. The van der Waals surface area contributed by atoms with Crippen molar-refractivity contribution in [3.05, 3.63) is 64.4 Å². The average Bonchev–Trinajstić information content (AvgIpc) is 2.46. The van der Waals surface area contributed by atoms with E-state index in [1.807, 2.05) is 38.2 Å². The first-order valence-corrected chi connectivity index (χ1v) is 6.82. The standard InChI is InChI=1S/C16H17ClFNO/c1-11(19-2)14-5-3-4-6-16(14)20-10-12-7-8-13(17)9-15(12)18/h3-9,11,19H,10H2,1-2H3. The monoisotopic (exact) mass is 293 g/mol. The molecule has 0 bridgehead atoms. The topological polar surface area (TPSA) is 21.3 Å². The Balaban J connectivity index is 2.15. The van der Waals surface area contributed by atoms with Crippen molar-refractivity contribution in [2.45, 2.75) is 19.6 Å². The maximum atomic E-state index is 13.7. The zero-order valence-electron chi connectivity index (χ0n) is 11.5. The molecule has 2 rings (SSSR count). The Bertz CT molecular complexity index is 588. The van der Waals surface area contributed by atoms with Crippen LogP contribution in [-0.4, -0.2) is 7.05 Å². The summed E-state index contributed by atoms with van der Waals surface area (Å²) in [6.45, 7) is 2.22. The third-order valence-corrected chi connectivity index (χ3v) is 3.45. The minimum Gasteiger partial charge on any atom is -0.488 e. The molecule has 0 heterocycles. The van der Waals surface area contributed by atoms with Gasteiger partial charge in [0.1, 0.15) is 18.2 Å². The van der Waals surface area contributed by atoms with Crippen molar-refractivity contribution in [1.82, 2.24) is 5.32 Å². The molecule has 20 heavy (non-hydrogen) atoms. The molecule has 4 heteroatoms. The first-order chi connectivity index (χ1) is 9.61. The zero-order chi connectivity index (χ0) is 14.5. The lowest BCUT2D eigenvalue weighted by molar-refractivity contribution is 0.294. The van der Waals surface area contributed by atoms with E-state index in [0.29, 0.717) is 10.6 Å². The van der Waals surface area contributed by atoms with Crippen LogP contribution in [0.5, 0.6) is 5.75 Å². The van der Waals surface area contributed by atoms with E-state index in [9.17, 15) is 4.39 Å². The summed E-state index contributed by atoms with van der Waals surface area (Å²) in [6, 6.07) is 12.5. The average molecular weight is 294 g/mol. The van der Waals surface area contributed by atoms with Crippen LogP contribution < -0.4 is 10.1 Å². The summed E-state index contributed by atoms with van der Waals surface area (Å²) < 4.78 is 19.4. The Labute approximate surface area is 123 Å². The van der Waals surface area contributed by atoms with Gasteiger partial charge in [0.15, 0.2) is 0 Å². The van der Waals surface area contributed by atoms with E-state index in [2.05, 4.69) is 5.32 Å². The van der Waals surface area contributed by atoms with Crippen LogP contribution >= 0.6 is 11.6 Å². The van der Waals surface area contributed by atoms with Crippen LogP contribution in [0.3, 0.4) is 0 Å². The first-order valence-electron chi connectivity index (χ1n) is 6.44. The number of rotatable bonds is 5. The molecule has 0 fully saturated rings. The molecule has 2 aromatic rings. The SMILES string of the molecule is CNC(C)c1ccccc1OCc1ccc(Cl)cc1F. The Morgan fingerprint density at radius 1 is 1.25 bits per heavy atom. The van der Waals surface area contributed by atoms with Gasteiger partial charge in [0.2, 0.25) is 0 Å². The van der Waals surface area contributed by atoms with Gasteiger partial charge in [-0.3, -0.25) is 0 Å². The van der Waals surface area contributed by atoms with Crippen LogP contribution in [0, 0.1) is 5.82 Å². The van der Waals surface area contributed by atoms with Gasteiger partial charge in [-0.05, 0) is 32.2 Å². The number of benzene rings is 2. The molecule has 106 valence electrons. The molecular formula is C16H17ClFNO. The minimum absolute atomic E-state index is 0.168. The summed E-state index contributed by atoms with van der Waals surface area (Å²) >= 11 is 5.73. The van der Waals surface area contributed by atoms with E-state index >= 15 is 0 Å². The van der Waals surface area contributed by atoms with Gasteiger partial charge in [0, 0.05) is 22.2 Å². The third kappa shape index (κ3) is 3.50. The highest BCUT2D eigenvalue weighted by molar-refractivity contribution is 6.30. The maximum Gasteiger partial charge on any atom is 0.131 e. The lowest BCUT2D eigenvalue weighted by Gasteiger charge is -2.16. The Morgan fingerprint density at radius 2 is 2.00 bits per heavy atom. The highest BCUT2D eigenvalue weighted by Crippen LogP contribution is 2.26. The molecule has 1 atom stereocenters. The molecule has 0 saturated heterocycles. The summed E-state index contributed by atoms with van der Waals surface area (Å²) in [5.74, 6) is 0.403. The summed E-state index contributed by atoms with van der Waals surface area (Å²) in [5, 5.41) is 3.55. The molecule has 0 amide bonds. The smallest absolute Gasteiger partial charge is 0.131 e. The second-order valence-electron chi connectivity index (χ2n) is 4.57. The second-order valence-corrected chi connectivity index (χ2v) is 5.01. The second kappa shape index (κ2) is 6.73. The van der Waals surface area contributed by atoms with Gasteiger partial charge < -0.3 is 10.1 Å². The van der Waals surface area contributed by atoms with Crippen molar-refractivity contribution in [3.8, 4) is 5.75 Å². The van der Waals surface area contributed by atoms with E-state index in [0.717, 1.165) is 11.3 Å². The van der Waals surface area contributed by atoms with Crippen molar-refractivity contribution < 1.29 is 9.13 Å². The Hall–Kier alpha value is -1.58. The molecule has 0 spiro atoms. The lowest BCUT2D eigenvalue weighted by Crippen LogP contribution is -2.13. The summed E-state index contributed by atoms with van der Waals surface area (Å²) in [6.07, 6.45) is 0. The Kier molecular flexibility index (Phi) is 4.99. The summed E-state index contributed by atoms with van der Waals surface area (Å²) in [5.41, 5.74) is 1.53. The normalized spacial score (nSPS) is 12.2. The van der Waals surface area contributed by atoms with E-state index in [1.54, 1.807) is 12.1 Å². The fourth-order valence-corrected chi connectivity index (χ4v) is 2.08. The largest absolute Gasteiger partial charge is 0.488 e. The molecule has 0 saturated carbocycles. The first kappa shape index (κ1) is 14.8. The van der Waals surface area contributed by atoms with Crippen LogP contribution in [0.4, 0.5) is 4.39 Å². The highest BCUT2D eigenvalue weighted by Gasteiger charge is 2.10. The number of nitrogens with one attached hydrogen (secondary N) is 1. The maximum absolute atomic E-state index is 13.7. The summed E-state index contributed by atoms with van der Waals surface area (Å²) in [4.78, 5) is 0. The quantitative estimate of drug-likeness (QED) is 0.885. The van der Waals surface area contributed by atoms with E-state index in [1.165, 1.54) is 6.07 Å².